The third-order valence-corrected chi connectivity index (χ3v) is 3.28. The highest BCUT2D eigenvalue weighted by molar-refractivity contribution is 5.96. The second-order valence-corrected chi connectivity index (χ2v) is 6.25. The van der Waals surface area contributed by atoms with Crippen LogP contribution in [0.2, 0.25) is 0 Å². The Kier molecular flexibility index (Phi) is 3.56. The van der Waals surface area contributed by atoms with E-state index in [0.717, 1.165) is 10.9 Å². The summed E-state index contributed by atoms with van der Waals surface area (Å²) in [6, 6.07) is 12.3. The third-order valence-electron chi connectivity index (χ3n) is 3.28. The van der Waals surface area contributed by atoms with Crippen LogP contribution in [0, 0.1) is 0 Å². The number of aromatic nitrogens is 1. The van der Waals surface area contributed by atoms with Crippen LogP contribution in [0.3, 0.4) is 0 Å². The van der Waals surface area contributed by atoms with Crippen molar-refractivity contribution >= 4 is 17.0 Å². The summed E-state index contributed by atoms with van der Waals surface area (Å²) < 4.78 is 11.9. The number of hydrogen-bond donors (Lipinski definition) is 0. The number of benzene rings is 1. The molecule has 2 aromatic heterocycles. The van der Waals surface area contributed by atoms with Crippen LogP contribution in [0.5, 0.6) is 0 Å². The van der Waals surface area contributed by atoms with Gasteiger partial charge in [-0.3, -0.25) is 0 Å². The van der Waals surface area contributed by atoms with E-state index in [-0.39, 0.29) is 0 Å². The van der Waals surface area contributed by atoms with Crippen molar-refractivity contribution in [2.75, 3.05) is 0 Å². The van der Waals surface area contributed by atoms with Crippen LogP contribution in [0.1, 0.15) is 20.8 Å². The Bertz CT molecular complexity index is 908. The molecule has 0 unspecified atom stereocenters. The van der Waals surface area contributed by atoms with Gasteiger partial charge >= 0.3 is 11.7 Å². The summed E-state index contributed by atoms with van der Waals surface area (Å²) in [4.78, 5) is 23.8. The fourth-order valence-electron chi connectivity index (χ4n) is 2.38. The maximum Gasteiger partial charge on any atom is 0.419 e. The molecule has 0 radical (unpaired) electrons. The summed E-state index contributed by atoms with van der Waals surface area (Å²) in [6.45, 7) is 5.45. The molecule has 5 nitrogen and oxygen atoms in total. The lowest BCUT2D eigenvalue weighted by Gasteiger charge is -2.21. The van der Waals surface area contributed by atoms with Crippen LogP contribution < -0.4 is 5.63 Å². The lowest BCUT2D eigenvalue weighted by molar-refractivity contribution is 0.0547. The molecule has 5 heteroatoms. The van der Waals surface area contributed by atoms with E-state index in [4.69, 9.17) is 9.15 Å². The SMILES string of the molecule is CC(C)(C)OC(=O)n1c(-c2ccc(=O)oc2)cc2ccccc21. The van der Waals surface area contributed by atoms with Crippen molar-refractivity contribution in [1.82, 2.24) is 4.57 Å². The van der Waals surface area contributed by atoms with Gasteiger partial charge in [-0.25, -0.2) is 14.2 Å². The van der Waals surface area contributed by atoms with Gasteiger partial charge in [-0.05, 0) is 39.0 Å². The van der Waals surface area contributed by atoms with Gasteiger partial charge in [-0.2, -0.15) is 0 Å². The summed E-state index contributed by atoms with van der Waals surface area (Å²) in [6.07, 6.45) is 0.872. The van der Waals surface area contributed by atoms with Crippen LogP contribution in [0.4, 0.5) is 4.79 Å². The molecule has 0 amide bonds. The molecule has 0 saturated heterocycles. The largest absolute Gasteiger partial charge is 0.443 e. The van der Waals surface area contributed by atoms with Crippen molar-refractivity contribution in [3.63, 3.8) is 0 Å². The first-order valence-electron chi connectivity index (χ1n) is 7.28. The molecule has 0 aliphatic carbocycles. The van der Waals surface area contributed by atoms with Gasteiger partial charge in [0.25, 0.3) is 0 Å². The van der Waals surface area contributed by atoms with Gasteiger partial charge in [-0.15, -0.1) is 0 Å². The van der Waals surface area contributed by atoms with Gasteiger partial charge in [0.15, 0.2) is 0 Å². The van der Waals surface area contributed by atoms with Crippen molar-refractivity contribution in [3.8, 4) is 11.3 Å². The maximum atomic E-state index is 12.6. The van der Waals surface area contributed by atoms with E-state index in [2.05, 4.69) is 0 Å². The molecule has 0 saturated carbocycles. The Hall–Kier alpha value is -2.82. The number of nitrogens with zero attached hydrogens (tertiary/aromatic N) is 1. The minimum atomic E-state index is -0.608. The van der Waals surface area contributed by atoms with Crippen molar-refractivity contribution < 1.29 is 13.9 Å². The van der Waals surface area contributed by atoms with E-state index in [0.29, 0.717) is 11.3 Å². The Balaban J connectivity index is 2.21. The molecular weight excluding hydrogens is 294 g/mol. The van der Waals surface area contributed by atoms with E-state index < -0.39 is 17.3 Å². The summed E-state index contributed by atoms with van der Waals surface area (Å²) in [5.41, 5.74) is 0.940. The second kappa shape index (κ2) is 5.43. The predicted molar refractivity (Wildman–Crippen MR) is 87.5 cm³/mol. The Morgan fingerprint density at radius 3 is 2.52 bits per heavy atom. The highest BCUT2D eigenvalue weighted by Crippen LogP contribution is 2.28. The van der Waals surface area contributed by atoms with Crippen LogP contribution in [0.25, 0.3) is 22.2 Å². The van der Waals surface area contributed by atoms with Crippen LogP contribution in [-0.2, 0) is 4.74 Å². The van der Waals surface area contributed by atoms with E-state index in [1.165, 1.54) is 16.9 Å². The average molecular weight is 311 g/mol. The molecule has 3 aromatic rings. The molecule has 0 bridgehead atoms. The van der Waals surface area contributed by atoms with Gasteiger partial charge < -0.3 is 9.15 Å². The zero-order chi connectivity index (χ0) is 16.6. The minimum absolute atomic E-state index is 0.436. The fraction of sp³-hybridized carbons (Fsp3) is 0.222. The number of rotatable bonds is 1. The quantitative estimate of drug-likeness (QED) is 0.680. The first kappa shape index (κ1) is 15.1. The number of carbonyl (C=O) groups is 1. The van der Waals surface area contributed by atoms with Crippen LogP contribution in [-0.4, -0.2) is 16.3 Å². The molecule has 0 N–H and O–H groups in total. The standard InChI is InChI=1S/C18H17NO4/c1-18(2,3)23-17(21)19-14-7-5-4-6-12(14)10-15(19)13-8-9-16(20)22-11-13/h4-11H,1-3H3. The van der Waals surface area contributed by atoms with Gasteiger partial charge in [0.2, 0.25) is 0 Å². The lowest BCUT2D eigenvalue weighted by atomic mass is 10.2. The van der Waals surface area contributed by atoms with Gasteiger partial charge in [0.05, 0.1) is 11.2 Å². The Morgan fingerprint density at radius 2 is 1.87 bits per heavy atom. The topological polar surface area (TPSA) is 61.4 Å². The van der Waals surface area contributed by atoms with Gasteiger partial charge in [-0.1, -0.05) is 18.2 Å². The summed E-state index contributed by atoms with van der Waals surface area (Å²) in [7, 11) is 0. The van der Waals surface area contributed by atoms with Gasteiger partial charge in [0, 0.05) is 17.0 Å². The van der Waals surface area contributed by atoms with Crippen molar-refractivity contribution in [2.45, 2.75) is 26.4 Å². The number of ether oxygens (including phenoxy) is 1. The third kappa shape index (κ3) is 3.04. The molecular formula is C18H17NO4. The summed E-state index contributed by atoms with van der Waals surface area (Å²) >= 11 is 0. The molecule has 0 fully saturated rings. The van der Waals surface area contributed by atoms with Gasteiger partial charge in [0.1, 0.15) is 11.9 Å². The first-order valence-corrected chi connectivity index (χ1v) is 7.28. The van der Waals surface area contributed by atoms with E-state index >= 15 is 0 Å². The summed E-state index contributed by atoms with van der Waals surface area (Å²) in [5.74, 6) is 0. The number of fused-ring (bicyclic) bond motifs is 1. The highest BCUT2D eigenvalue weighted by Gasteiger charge is 2.22. The zero-order valence-electron chi connectivity index (χ0n) is 13.2. The van der Waals surface area contributed by atoms with E-state index in [1.54, 1.807) is 6.07 Å². The molecule has 2 heterocycles. The van der Waals surface area contributed by atoms with Crippen molar-refractivity contribution in [1.29, 1.82) is 0 Å². The lowest BCUT2D eigenvalue weighted by Crippen LogP contribution is -2.27. The average Bonchev–Trinajstić information content (AvgIpc) is 2.85. The van der Waals surface area contributed by atoms with Crippen LogP contribution in [0.15, 0.2) is 57.9 Å². The molecule has 1 aromatic carbocycles. The predicted octanol–water partition coefficient (Wildman–Crippen LogP) is 4.04. The van der Waals surface area contributed by atoms with Crippen molar-refractivity contribution in [3.05, 3.63) is 59.1 Å². The second-order valence-electron chi connectivity index (χ2n) is 6.25. The Morgan fingerprint density at radius 1 is 1.13 bits per heavy atom. The molecule has 0 atom stereocenters. The molecule has 0 spiro atoms. The maximum absolute atomic E-state index is 12.6. The smallest absolute Gasteiger partial charge is 0.419 e. The van der Waals surface area contributed by atoms with Crippen LogP contribution >= 0.6 is 0 Å². The Labute approximate surface area is 133 Å². The van der Waals surface area contributed by atoms with Crippen molar-refractivity contribution in [2.24, 2.45) is 0 Å². The fourth-order valence-corrected chi connectivity index (χ4v) is 2.38. The normalized spacial score (nSPS) is 11.6. The molecule has 118 valence electrons. The molecule has 0 aliphatic rings. The molecule has 23 heavy (non-hydrogen) atoms. The minimum Gasteiger partial charge on any atom is -0.443 e. The zero-order valence-corrected chi connectivity index (χ0v) is 13.2. The number of hydrogen-bond acceptors (Lipinski definition) is 4. The molecule has 0 aliphatic heterocycles. The van der Waals surface area contributed by atoms with E-state index in [9.17, 15) is 9.59 Å². The monoisotopic (exact) mass is 311 g/mol. The first-order chi connectivity index (χ1) is 10.8. The summed E-state index contributed by atoms with van der Waals surface area (Å²) in [5, 5.41) is 0.902. The molecule has 3 rings (SSSR count). The number of carbonyl (C=O) groups excluding carboxylic acids is 1. The highest BCUT2D eigenvalue weighted by atomic mass is 16.6. The number of para-hydroxylation sites is 1. The van der Waals surface area contributed by atoms with E-state index in [1.807, 2.05) is 51.1 Å².